The number of rotatable bonds is 2. The predicted molar refractivity (Wildman–Crippen MR) is 69.0 cm³/mol. The maximum atomic E-state index is 13.7. The molecule has 0 unspecified atom stereocenters. The third-order valence-electron chi connectivity index (χ3n) is 2.99. The van der Waals surface area contributed by atoms with Crippen molar-refractivity contribution >= 4 is 22.6 Å². The van der Waals surface area contributed by atoms with E-state index in [0.717, 1.165) is 35.9 Å². The van der Waals surface area contributed by atoms with Crippen LogP contribution >= 0.6 is 22.6 Å². The topological polar surface area (TPSA) is 12.0 Å². The summed E-state index contributed by atoms with van der Waals surface area (Å²) in [6.45, 7) is 2.02. The van der Waals surface area contributed by atoms with Crippen LogP contribution in [0, 0.1) is 5.82 Å². The lowest BCUT2D eigenvalue weighted by atomic mass is 9.89. The molecule has 0 radical (unpaired) electrons. The van der Waals surface area contributed by atoms with Gasteiger partial charge in [0.15, 0.2) is 0 Å². The van der Waals surface area contributed by atoms with Gasteiger partial charge in [-0.05, 0) is 49.0 Å². The Morgan fingerprint density at radius 3 is 2.73 bits per heavy atom. The van der Waals surface area contributed by atoms with Crippen molar-refractivity contribution in [2.24, 2.45) is 0 Å². The Balaban J connectivity index is 2.24. The third-order valence-corrected chi connectivity index (χ3v) is 3.87. The first-order valence-electron chi connectivity index (χ1n) is 5.36. The quantitative estimate of drug-likeness (QED) is 0.652. The lowest BCUT2D eigenvalue weighted by Gasteiger charge is -2.23. The molecule has 1 aliphatic rings. The molecule has 0 aliphatic carbocycles. The van der Waals surface area contributed by atoms with E-state index in [0.29, 0.717) is 5.92 Å². The van der Waals surface area contributed by atoms with Crippen molar-refractivity contribution < 1.29 is 4.39 Å². The van der Waals surface area contributed by atoms with Gasteiger partial charge in [0.05, 0.1) is 0 Å². The smallest absolute Gasteiger partial charge is 0.126 e. The van der Waals surface area contributed by atoms with Crippen molar-refractivity contribution in [1.82, 2.24) is 5.32 Å². The van der Waals surface area contributed by atoms with Crippen LogP contribution in [0.5, 0.6) is 0 Å². The number of halogens is 2. The summed E-state index contributed by atoms with van der Waals surface area (Å²) in [5, 5.41) is 3.31. The van der Waals surface area contributed by atoms with E-state index in [1.807, 2.05) is 12.1 Å². The molecule has 1 N–H and O–H groups in total. The van der Waals surface area contributed by atoms with Gasteiger partial charge < -0.3 is 5.32 Å². The number of nitrogens with one attached hydrogen (secondary N) is 1. The molecule has 0 saturated carbocycles. The largest absolute Gasteiger partial charge is 0.317 e. The lowest BCUT2D eigenvalue weighted by molar-refractivity contribution is 0.445. The molecular formula is C12H15FIN. The molecule has 1 heterocycles. The molecule has 82 valence electrons. The van der Waals surface area contributed by atoms with Crippen LogP contribution in [0.3, 0.4) is 0 Å². The molecule has 0 aromatic heterocycles. The average Bonchev–Trinajstić information content (AvgIpc) is 2.31. The van der Waals surface area contributed by atoms with E-state index in [4.69, 9.17) is 0 Å². The molecule has 0 spiro atoms. The minimum absolute atomic E-state index is 0.0319. The highest BCUT2D eigenvalue weighted by atomic mass is 127. The third kappa shape index (κ3) is 2.69. The lowest BCUT2D eigenvalue weighted by Crippen LogP contribution is -2.27. The zero-order valence-electron chi connectivity index (χ0n) is 8.60. The van der Waals surface area contributed by atoms with Gasteiger partial charge in [-0.15, -0.1) is 0 Å². The number of hydrogen-bond donors (Lipinski definition) is 1. The van der Waals surface area contributed by atoms with Crippen LogP contribution in [-0.4, -0.2) is 13.1 Å². The normalized spacial score (nSPS) is 18.0. The highest BCUT2D eigenvalue weighted by molar-refractivity contribution is 14.1. The molecule has 1 aliphatic heterocycles. The fraction of sp³-hybridized carbons (Fsp3) is 0.500. The summed E-state index contributed by atoms with van der Waals surface area (Å²) in [5.41, 5.74) is 2.15. The second kappa shape index (κ2) is 5.25. The Morgan fingerprint density at radius 1 is 1.33 bits per heavy atom. The van der Waals surface area contributed by atoms with Gasteiger partial charge in [0.25, 0.3) is 0 Å². The number of benzene rings is 1. The van der Waals surface area contributed by atoms with Crippen LogP contribution in [0.2, 0.25) is 0 Å². The van der Waals surface area contributed by atoms with Crippen LogP contribution in [0.25, 0.3) is 0 Å². The Labute approximate surface area is 104 Å². The SMILES string of the molecule is Fc1ccc(CI)cc1C1CCNCC1. The van der Waals surface area contributed by atoms with Crippen LogP contribution in [0.4, 0.5) is 4.39 Å². The monoisotopic (exact) mass is 319 g/mol. The average molecular weight is 319 g/mol. The van der Waals surface area contributed by atoms with Crippen molar-refractivity contribution in [3.05, 3.63) is 35.1 Å². The van der Waals surface area contributed by atoms with Crippen molar-refractivity contribution in [3.8, 4) is 0 Å². The number of alkyl halides is 1. The van der Waals surface area contributed by atoms with Gasteiger partial charge in [-0.3, -0.25) is 0 Å². The second-order valence-corrected chi connectivity index (χ2v) is 4.78. The molecule has 0 bridgehead atoms. The molecule has 0 atom stereocenters. The van der Waals surface area contributed by atoms with Gasteiger partial charge in [0.2, 0.25) is 0 Å². The molecule has 2 rings (SSSR count). The predicted octanol–water partition coefficient (Wildman–Crippen LogP) is 3.23. The summed E-state index contributed by atoms with van der Waals surface area (Å²) in [6.07, 6.45) is 2.11. The standard InChI is InChI=1S/C12H15FIN/c13-12-2-1-9(8-14)7-11(12)10-3-5-15-6-4-10/h1-2,7,10,15H,3-6,8H2. The Bertz CT molecular complexity index is 334. The molecule has 1 saturated heterocycles. The van der Waals surface area contributed by atoms with E-state index in [-0.39, 0.29) is 5.82 Å². The summed E-state index contributed by atoms with van der Waals surface area (Å²) >= 11 is 2.32. The Hall–Kier alpha value is -0.160. The number of piperidine rings is 1. The second-order valence-electron chi connectivity index (χ2n) is 4.01. The zero-order valence-corrected chi connectivity index (χ0v) is 10.8. The summed E-state index contributed by atoms with van der Waals surface area (Å²) in [4.78, 5) is 0. The van der Waals surface area contributed by atoms with Gasteiger partial charge in [-0.1, -0.05) is 34.7 Å². The van der Waals surface area contributed by atoms with Crippen LogP contribution < -0.4 is 5.32 Å². The maximum Gasteiger partial charge on any atom is 0.126 e. The van der Waals surface area contributed by atoms with Gasteiger partial charge in [0.1, 0.15) is 5.82 Å². The first kappa shape index (κ1) is 11.3. The van der Waals surface area contributed by atoms with E-state index < -0.39 is 0 Å². The fourth-order valence-corrected chi connectivity index (χ4v) is 2.60. The molecule has 1 nitrogen and oxygen atoms in total. The zero-order chi connectivity index (χ0) is 10.7. The van der Waals surface area contributed by atoms with Gasteiger partial charge in [0, 0.05) is 4.43 Å². The molecule has 3 heteroatoms. The highest BCUT2D eigenvalue weighted by Crippen LogP contribution is 2.28. The molecule has 1 aromatic carbocycles. The molecule has 1 fully saturated rings. The summed E-state index contributed by atoms with van der Waals surface area (Å²) in [5.74, 6) is 0.379. The van der Waals surface area contributed by atoms with Crippen molar-refractivity contribution in [2.75, 3.05) is 13.1 Å². The van der Waals surface area contributed by atoms with E-state index >= 15 is 0 Å². The van der Waals surface area contributed by atoms with Gasteiger partial charge in [-0.2, -0.15) is 0 Å². The van der Waals surface area contributed by atoms with Crippen LogP contribution in [0.15, 0.2) is 18.2 Å². The van der Waals surface area contributed by atoms with Crippen molar-refractivity contribution in [3.63, 3.8) is 0 Å². The van der Waals surface area contributed by atoms with E-state index in [1.54, 1.807) is 6.07 Å². The van der Waals surface area contributed by atoms with Gasteiger partial charge in [-0.25, -0.2) is 4.39 Å². The first-order valence-corrected chi connectivity index (χ1v) is 6.89. The van der Waals surface area contributed by atoms with Crippen LogP contribution in [-0.2, 0) is 4.43 Å². The van der Waals surface area contributed by atoms with Gasteiger partial charge >= 0.3 is 0 Å². The summed E-state index contributed by atoms with van der Waals surface area (Å²) in [7, 11) is 0. The molecular weight excluding hydrogens is 304 g/mol. The first-order chi connectivity index (χ1) is 7.31. The minimum Gasteiger partial charge on any atom is -0.317 e. The van der Waals surface area contributed by atoms with E-state index in [1.165, 1.54) is 5.56 Å². The summed E-state index contributed by atoms with van der Waals surface area (Å²) in [6, 6.07) is 5.54. The minimum atomic E-state index is -0.0319. The van der Waals surface area contributed by atoms with E-state index in [9.17, 15) is 4.39 Å². The summed E-state index contributed by atoms with van der Waals surface area (Å²) < 4.78 is 14.6. The maximum absolute atomic E-state index is 13.7. The van der Waals surface area contributed by atoms with Crippen LogP contribution in [0.1, 0.15) is 29.9 Å². The highest BCUT2D eigenvalue weighted by Gasteiger charge is 2.18. The Morgan fingerprint density at radius 2 is 2.07 bits per heavy atom. The molecule has 15 heavy (non-hydrogen) atoms. The molecule has 1 aromatic rings. The van der Waals surface area contributed by atoms with Crippen molar-refractivity contribution in [1.29, 1.82) is 0 Å². The van der Waals surface area contributed by atoms with Crippen molar-refractivity contribution in [2.45, 2.75) is 23.2 Å². The van der Waals surface area contributed by atoms with E-state index in [2.05, 4.69) is 27.9 Å². The Kier molecular flexibility index (Phi) is 3.97. The molecule has 0 amide bonds. The fourth-order valence-electron chi connectivity index (χ4n) is 2.12. The number of hydrogen-bond acceptors (Lipinski definition) is 1.